The number of H-pyrrole nitrogens is 1. The fourth-order valence-corrected chi connectivity index (χ4v) is 3.46. The predicted octanol–water partition coefficient (Wildman–Crippen LogP) is 3.92. The molecule has 29 heavy (non-hydrogen) atoms. The summed E-state index contributed by atoms with van der Waals surface area (Å²) < 4.78 is 32.1. The molecule has 3 N–H and O–H groups in total. The fraction of sp³-hybridized carbons (Fsp3) is 0.238. The van der Waals surface area contributed by atoms with Gasteiger partial charge in [0.15, 0.2) is 11.6 Å². The molecule has 1 aromatic heterocycles. The lowest BCUT2D eigenvalue weighted by Crippen LogP contribution is -2.29. The molecule has 4 rings (SSSR count). The predicted molar refractivity (Wildman–Crippen MR) is 105 cm³/mol. The average Bonchev–Trinajstić information content (AvgIpc) is 3.11. The summed E-state index contributed by atoms with van der Waals surface area (Å²) in [4.78, 5) is 27.1. The molecular formula is C21H19F2N3O3. The van der Waals surface area contributed by atoms with E-state index in [4.69, 9.17) is 4.74 Å². The third-order valence-corrected chi connectivity index (χ3v) is 5.04. The number of aromatic amines is 1. The molecule has 0 bridgehead atoms. The van der Waals surface area contributed by atoms with Crippen LogP contribution in [-0.2, 0) is 14.3 Å². The number of hydrogen-bond donors (Lipinski definition) is 3. The van der Waals surface area contributed by atoms with Gasteiger partial charge in [-0.05, 0) is 42.5 Å². The van der Waals surface area contributed by atoms with Gasteiger partial charge in [0.25, 0.3) is 0 Å². The normalized spacial score (nSPS) is 14.7. The van der Waals surface area contributed by atoms with Crippen molar-refractivity contribution >= 4 is 34.1 Å². The Kier molecular flexibility index (Phi) is 5.26. The average molecular weight is 399 g/mol. The van der Waals surface area contributed by atoms with Gasteiger partial charge in [-0.3, -0.25) is 9.59 Å². The van der Waals surface area contributed by atoms with Crippen molar-refractivity contribution in [2.45, 2.75) is 18.8 Å². The molecule has 3 aromatic rings. The maximum atomic E-state index is 13.5. The second kappa shape index (κ2) is 8.00. The van der Waals surface area contributed by atoms with E-state index in [9.17, 15) is 18.4 Å². The monoisotopic (exact) mass is 399 g/mol. The third kappa shape index (κ3) is 4.12. The van der Waals surface area contributed by atoms with E-state index in [0.717, 1.165) is 38.2 Å². The van der Waals surface area contributed by atoms with E-state index < -0.39 is 23.4 Å². The number of hydrogen-bond acceptors (Lipinski definition) is 3. The van der Waals surface area contributed by atoms with Gasteiger partial charge in [-0.25, -0.2) is 8.78 Å². The number of carbonyl (C=O) groups is 2. The zero-order valence-corrected chi connectivity index (χ0v) is 15.4. The molecule has 0 radical (unpaired) electrons. The smallest absolute Gasteiger partial charge is 0.314 e. The Hall–Kier alpha value is -3.26. The SMILES string of the molecule is O=C(Nc1ccc(C2CCOCC2)cc1)C(=O)Nc1c[nH]c2cc(F)c(F)cc12. The first-order valence-electron chi connectivity index (χ1n) is 9.27. The number of ether oxygens (including phenoxy) is 1. The summed E-state index contributed by atoms with van der Waals surface area (Å²) in [6, 6.07) is 9.31. The summed E-state index contributed by atoms with van der Waals surface area (Å²) >= 11 is 0. The Bertz CT molecular complexity index is 1060. The Balaban J connectivity index is 1.41. The van der Waals surface area contributed by atoms with Crippen LogP contribution in [0.4, 0.5) is 20.2 Å². The first-order valence-corrected chi connectivity index (χ1v) is 9.27. The Labute approximate surface area is 165 Å². The minimum Gasteiger partial charge on any atom is -0.381 e. The Morgan fingerprint density at radius 1 is 0.966 bits per heavy atom. The highest BCUT2D eigenvalue weighted by Gasteiger charge is 2.18. The van der Waals surface area contributed by atoms with Crippen molar-refractivity contribution in [1.82, 2.24) is 4.98 Å². The maximum absolute atomic E-state index is 13.5. The highest BCUT2D eigenvalue weighted by Crippen LogP contribution is 2.28. The van der Waals surface area contributed by atoms with Crippen LogP contribution in [0.25, 0.3) is 10.9 Å². The lowest BCUT2D eigenvalue weighted by Gasteiger charge is -2.22. The van der Waals surface area contributed by atoms with E-state index in [1.165, 1.54) is 11.8 Å². The number of amides is 2. The highest BCUT2D eigenvalue weighted by molar-refractivity contribution is 6.44. The molecule has 0 unspecified atom stereocenters. The van der Waals surface area contributed by atoms with Gasteiger partial charge in [0.05, 0.1) is 11.2 Å². The maximum Gasteiger partial charge on any atom is 0.314 e. The number of carbonyl (C=O) groups excluding carboxylic acids is 2. The summed E-state index contributed by atoms with van der Waals surface area (Å²) in [5, 5.41) is 5.21. The minimum absolute atomic E-state index is 0.189. The first kappa shape index (κ1) is 19.1. The van der Waals surface area contributed by atoms with Crippen LogP contribution < -0.4 is 10.6 Å². The largest absolute Gasteiger partial charge is 0.381 e. The van der Waals surface area contributed by atoms with Crippen molar-refractivity contribution in [3.05, 3.63) is 59.8 Å². The second-order valence-corrected chi connectivity index (χ2v) is 6.93. The van der Waals surface area contributed by atoms with Gasteiger partial charge in [-0.15, -0.1) is 0 Å². The van der Waals surface area contributed by atoms with Gasteiger partial charge in [0.1, 0.15) is 0 Å². The van der Waals surface area contributed by atoms with Crippen molar-refractivity contribution in [3.8, 4) is 0 Å². The van der Waals surface area contributed by atoms with E-state index >= 15 is 0 Å². The number of halogens is 2. The topological polar surface area (TPSA) is 83.2 Å². The molecule has 0 atom stereocenters. The molecule has 8 heteroatoms. The van der Waals surface area contributed by atoms with Gasteiger partial charge < -0.3 is 20.4 Å². The molecule has 6 nitrogen and oxygen atoms in total. The molecule has 2 aromatic carbocycles. The molecule has 0 spiro atoms. The van der Waals surface area contributed by atoms with Crippen LogP contribution in [0.15, 0.2) is 42.6 Å². The van der Waals surface area contributed by atoms with Gasteiger partial charge in [0, 0.05) is 36.6 Å². The van der Waals surface area contributed by atoms with Crippen LogP contribution in [-0.4, -0.2) is 30.0 Å². The van der Waals surface area contributed by atoms with Crippen LogP contribution in [0.5, 0.6) is 0 Å². The van der Waals surface area contributed by atoms with Gasteiger partial charge in [-0.1, -0.05) is 12.1 Å². The third-order valence-electron chi connectivity index (χ3n) is 5.04. The van der Waals surface area contributed by atoms with Crippen molar-refractivity contribution < 1.29 is 23.1 Å². The molecule has 1 aliphatic rings. The number of nitrogens with one attached hydrogen (secondary N) is 3. The Morgan fingerprint density at radius 3 is 2.34 bits per heavy atom. The molecule has 150 valence electrons. The zero-order valence-electron chi connectivity index (χ0n) is 15.4. The first-order chi connectivity index (χ1) is 14.0. The van der Waals surface area contributed by atoms with Crippen molar-refractivity contribution in [3.63, 3.8) is 0 Å². The van der Waals surface area contributed by atoms with Crippen molar-refractivity contribution in [2.24, 2.45) is 0 Å². The molecule has 1 saturated heterocycles. The van der Waals surface area contributed by atoms with Gasteiger partial charge in [0.2, 0.25) is 0 Å². The second-order valence-electron chi connectivity index (χ2n) is 6.93. The van der Waals surface area contributed by atoms with Gasteiger partial charge in [-0.2, -0.15) is 0 Å². The van der Waals surface area contributed by atoms with Crippen LogP contribution in [0, 0.1) is 11.6 Å². The van der Waals surface area contributed by atoms with Gasteiger partial charge >= 0.3 is 11.8 Å². The van der Waals surface area contributed by atoms with E-state index in [0.29, 0.717) is 17.1 Å². The lowest BCUT2D eigenvalue weighted by molar-refractivity contribution is -0.132. The van der Waals surface area contributed by atoms with E-state index in [1.54, 1.807) is 12.1 Å². The van der Waals surface area contributed by atoms with E-state index in [1.807, 2.05) is 12.1 Å². The Morgan fingerprint density at radius 2 is 1.62 bits per heavy atom. The summed E-state index contributed by atoms with van der Waals surface area (Å²) in [5.74, 6) is -3.38. The van der Waals surface area contributed by atoms with Crippen LogP contribution in [0.3, 0.4) is 0 Å². The number of benzene rings is 2. The summed E-state index contributed by atoms with van der Waals surface area (Å²) in [5.41, 5.74) is 2.16. The summed E-state index contributed by atoms with van der Waals surface area (Å²) in [7, 11) is 0. The number of anilines is 2. The van der Waals surface area contributed by atoms with Crippen LogP contribution in [0.2, 0.25) is 0 Å². The zero-order chi connectivity index (χ0) is 20.4. The molecule has 2 heterocycles. The van der Waals surface area contributed by atoms with Crippen LogP contribution >= 0.6 is 0 Å². The lowest BCUT2D eigenvalue weighted by atomic mass is 9.92. The molecular weight excluding hydrogens is 380 g/mol. The quantitative estimate of drug-likeness (QED) is 0.584. The summed E-state index contributed by atoms with van der Waals surface area (Å²) in [6.45, 7) is 1.49. The van der Waals surface area contributed by atoms with Crippen molar-refractivity contribution in [2.75, 3.05) is 23.8 Å². The highest BCUT2D eigenvalue weighted by atomic mass is 19.2. The van der Waals surface area contributed by atoms with E-state index in [-0.39, 0.29) is 11.1 Å². The molecule has 2 amide bonds. The van der Waals surface area contributed by atoms with E-state index in [2.05, 4.69) is 15.6 Å². The number of aromatic nitrogens is 1. The molecule has 1 fully saturated rings. The molecule has 1 aliphatic heterocycles. The fourth-order valence-electron chi connectivity index (χ4n) is 3.46. The standard InChI is InChI=1S/C21H19F2N3O3/c22-16-9-15-18(10-17(16)23)24-11-19(15)26-21(28)20(27)25-14-3-1-12(2-4-14)13-5-7-29-8-6-13/h1-4,9-11,13,24H,5-8H2,(H,25,27)(H,26,28). The minimum atomic E-state index is -1.04. The number of fused-ring (bicyclic) bond motifs is 1. The summed E-state index contributed by atoms with van der Waals surface area (Å²) in [6.07, 6.45) is 3.30. The molecule has 0 saturated carbocycles. The van der Waals surface area contributed by atoms with Crippen LogP contribution in [0.1, 0.15) is 24.3 Å². The molecule has 0 aliphatic carbocycles. The number of rotatable bonds is 3. The van der Waals surface area contributed by atoms with Crippen molar-refractivity contribution in [1.29, 1.82) is 0 Å².